The van der Waals surface area contributed by atoms with Gasteiger partial charge in [-0.2, -0.15) is 13.2 Å². The Morgan fingerprint density at radius 2 is 2.05 bits per heavy atom. The van der Waals surface area contributed by atoms with Gasteiger partial charge in [0.05, 0.1) is 10.6 Å². The van der Waals surface area contributed by atoms with Gasteiger partial charge in [-0.05, 0) is 38.9 Å². The van der Waals surface area contributed by atoms with E-state index in [1.54, 1.807) is 0 Å². The molecule has 1 aliphatic heterocycles. The molecule has 0 amide bonds. The lowest BCUT2D eigenvalue weighted by molar-refractivity contribution is -0.137. The Bertz CT molecular complexity index is 459. The quantitative estimate of drug-likeness (QED) is 0.920. The highest BCUT2D eigenvalue weighted by molar-refractivity contribution is 6.32. The fourth-order valence-electron chi connectivity index (χ4n) is 2.33. The maximum atomic E-state index is 12.5. The number of hydrogen-bond acceptors (Lipinski definition) is 3. The van der Waals surface area contributed by atoms with Crippen molar-refractivity contribution in [2.75, 3.05) is 25.0 Å². The van der Waals surface area contributed by atoms with Crippen molar-refractivity contribution in [2.45, 2.75) is 32.0 Å². The first kappa shape index (κ1) is 15.4. The fraction of sp³-hybridized carbons (Fsp3) is 0.615. The lowest BCUT2D eigenvalue weighted by Crippen LogP contribution is -2.33. The van der Waals surface area contributed by atoms with Crippen molar-refractivity contribution in [1.29, 1.82) is 0 Å². The molecule has 1 saturated heterocycles. The van der Waals surface area contributed by atoms with Crippen molar-refractivity contribution in [3.05, 3.63) is 22.8 Å². The molecule has 0 radical (unpaired) electrons. The highest BCUT2D eigenvalue weighted by Gasteiger charge is 2.31. The van der Waals surface area contributed by atoms with Crippen LogP contribution in [0.15, 0.2) is 12.3 Å². The zero-order valence-electron chi connectivity index (χ0n) is 11.2. The van der Waals surface area contributed by atoms with Crippen LogP contribution in [-0.4, -0.2) is 35.6 Å². The van der Waals surface area contributed by atoms with Gasteiger partial charge in [0.15, 0.2) is 0 Å². The van der Waals surface area contributed by atoms with Crippen LogP contribution in [0.2, 0.25) is 5.02 Å². The van der Waals surface area contributed by atoms with Crippen molar-refractivity contribution in [3.8, 4) is 0 Å². The average Bonchev–Trinajstić information content (AvgIpc) is 2.83. The van der Waals surface area contributed by atoms with Gasteiger partial charge in [0.25, 0.3) is 0 Å². The maximum Gasteiger partial charge on any atom is 0.417 e. The summed E-state index contributed by atoms with van der Waals surface area (Å²) in [5.74, 6) is 0.298. The number of pyridine rings is 1. The number of likely N-dealkylation sites (tertiary alicyclic amines) is 1. The van der Waals surface area contributed by atoms with Crippen molar-refractivity contribution >= 4 is 17.4 Å². The second-order valence-corrected chi connectivity index (χ2v) is 5.51. The molecule has 20 heavy (non-hydrogen) atoms. The molecular weight excluding hydrogens is 291 g/mol. The van der Waals surface area contributed by atoms with Gasteiger partial charge in [0.2, 0.25) is 0 Å². The minimum Gasteiger partial charge on any atom is -0.365 e. The van der Waals surface area contributed by atoms with Crippen LogP contribution >= 0.6 is 11.6 Å². The highest BCUT2D eigenvalue weighted by Crippen LogP contribution is 2.32. The number of alkyl halides is 3. The van der Waals surface area contributed by atoms with Gasteiger partial charge in [0, 0.05) is 18.8 Å². The van der Waals surface area contributed by atoms with Crippen molar-refractivity contribution in [3.63, 3.8) is 0 Å². The summed E-state index contributed by atoms with van der Waals surface area (Å²) in [6.45, 7) is 4.94. The smallest absolute Gasteiger partial charge is 0.365 e. The minimum atomic E-state index is -4.42. The number of anilines is 1. The van der Waals surface area contributed by atoms with Gasteiger partial charge in [-0.25, -0.2) is 4.98 Å². The summed E-state index contributed by atoms with van der Waals surface area (Å²) < 4.78 is 37.5. The van der Waals surface area contributed by atoms with Crippen LogP contribution in [0.25, 0.3) is 0 Å². The summed E-state index contributed by atoms with van der Waals surface area (Å²) in [6, 6.07) is 0.981. The molecule has 112 valence electrons. The van der Waals surface area contributed by atoms with Gasteiger partial charge in [-0.3, -0.25) is 0 Å². The van der Waals surface area contributed by atoms with Crippen LogP contribution in [0, 0.1) is 0 Å². The number of rotatable bonds is 4. The Morgan fingerprint density at radius 3 is 2.60 bits per heavy atom. The lowest BCUT2D eigenvalue weighted by atomic mass is 10.2. The Balaban J connectivity index is 1.98. The predicted octanol–water partition coefficient (Wildman–Crippen LogP) is 3.65. The summed E-state index contributed by atoms with van der Waals surface area (Å²) in [4.78, 5) is 6.09. The zero-order valence-corrected chi connectivity index (χ0v) is 11.9. The van der Waals surface area contributed by atoms with Gasteiger partial charge in [-0.15, -0.1) is 0 Å². The molecule has 1 N–H and O–H groups in total. The molecule has 1 aromatic rings. The van der Waals surface area contributed by atoms with Gasteiger partial charge < -0.3 is 10.2 Å². The molecule has 0 saturated carbocycles. The number of halogens is 4. The molecule has 0 bridgehead atoms. The van der Waals surface area contributed by atoms with E-state index in [-0.39, 0.29) is 11.1 Å². The van der Waals surface area contributed by atoms with E-state index in [1.807, 2.05) is 6.92 Å². The van der Waals surface area contributed by atoms with Gasteiger partial charge in [0.1, 0.15) is 5.82 Å². The first-order chi connectivity index (χ1) is 9.36. The first-order valence-electron chi connectivity index (χ1n) is 6.58. The van der Waals surface area contributed by atoms with E-state index in [0.29, 0.717) is 5.82 Å². The molecule has 0 aromatic carbocycles. The molecule has 3 nitrogen and oxygen atoms in total. The molecule has 1 unspecified atom stereocenters. The second kappa shape index (κ2) is 6.18. The monoisotopic (exact) mass is 307 g/mol. The number of hydrogen-bond donors (Lipinski definition) is 1. The zero-order chi connectivity index (χ0) is 14.8. The molecular formula is C13H17ClF3N3. The van der Waals surface area contributed by atoms with E-state index in [9.17, 15) is 13.2 Å². The van der Waals surface area contributed by atoms with E-state index in [4.69, 9.17) is 11.6 Å². The Kier molecular flexibility index (Phi) is 4.75. The van der Waals surface area contributed by atoms with E-state index in [1.165, 1.54) is 12.8 Å². The third-order valence-corrected chi connectivity index (χ3v) is 3.57. The molecule has 1 fully saturated rings. The number of nitrogens with one attached hydrogen (secondary N) is 1. The normalized spacial score (nSPS) is 18.2. The van der Waals surface area contributed by atoms with Gasteiger partial charge in [-0.1, -0.05) is 11.6 Å². The summed E-state index contributed by atoms with van der Waals surface area (Å²) in [6.07, 6.45) is -1.22. The largest absolute Gasteiger partial charge is 0.417 e. The lowest BCUT2D eigenvalue weighted by Gasteiger charge is -2.22. The fourth-order valence-corrected chi connectivity index (χ4v) is 2.55. The Hall–Kier alpha value is -1.01. The molecule has 7 heteroatoms. The van der Waals surface area contributed by atoms with Crippen LogP contribution in [0.1, 0.15) is 25.3 Å². The summed E-state index contributed by atoms with van der Waals surface area (Å²) in [5.41, 5.74) is -0.833. The van der Waals surface area contributed by atoms with E-state index >= 15 is 0 Å². The molecule has 2 rings (SSSR count). The van der Waals surface area contributed by atoms with Crippen molar-refractivity contribution in [2.24, 2.45) is 0 Å². The summed E-state index contributed by atoms with van der Waals surface area (Å²) in [7, 11) is 0. The average molecular weight is 308 g/mol. The van der Waals surface area contributed by atoms with E-state index in [2.05, 4.69) is 15.2 Å². The Labute approximate surface area is 121 Å². The van der Waals surface area contributed by atoms with Crippen molar-refractivity contribution in [1.82, 2.24) is 9.88 Å². The van der Waals surface area contributed by atoms with E-state index < -0.39 is 11.7 Å². The van der Waals surface area contributed by atoms with E-state index in [0.717, 1.165) is 31.9 Å². The molecule has 0 spiro atoms. The third kappa shape index (κ3) is 3.99. The van der Waals surface area contributed by atoms with Crippen LogP contribution in [0.5, 0.6) is 0 Å². The summed E-state index contributed by atoms with van der Waals surface area (Å²) in [5, 5.41) is 3.06. The van der Waals surface area contributed by atoms with Crippen molar-refractivity contribution < 1.29 is 13.2 Å². The van der Waals surface area contributed by atoms with Crippen LogP contribution in [0.3, 0.4) is 0 Å². The predicted molar refractivity (Wildman–Crippen MR) is 73.0 cm³/mol. The summed E-state index contributed by atoms with van der Waals surface area (Å²) >= 11 is 5.86. The molecule has 1 atom stereocenters. The first-order valence-corrected chi connectivity index (χ1v) is 6.95. The third-order valence-electron chi connectivity index (χ3n) is 3.28. The van der Waals surface area contributed by atoms with Crippen LogP contribution in [-0.2, 0) is 6.18 Å². The highest BCUT2D eigenvalue weighted by atomic mass is 35.5. The number of nitrogens with zero attached hydrogens (tertiary/aromatic N) is 2. The van der Waals surface area contributed by atoms with Crippen LogP contribution < -0.4 is 5.32 Å². The SMILES string of the molecule is CC(CN1CCCC1)Nc1ncc(C(F)(F)F)cc1Cl. The molecule has 2 heterocycles. The standard InChI is InChI=1S/C13H17ClF3N3/c1-9(8-20-4-2-3-5-20)19-12-11(14)6-10(7-18-12)13(15,16)17/h6-7,9H,2-5,8H2,1H3,(H,18,19). The Morgan fingerprint density at radius 1 is 1.40 bits per heavy atom. The van der Waals surface area contributed by atoms with Gasteiger partial charge >= 0.3 is 6.18 Å². The second-order valence-electron chi connectivity index (χ2n) is 5.11. The van der Waals surface area contributed by atoms with Crippen LogP contribution in [0.4, 0.5) is 19.0 Å². The minimum absolute atomic E-state index is 0.00639. The molecule has 1 aromatic heterocycles. The molecule has 0 aliphatic carbocycles. The molecule has 1 aliphatic rings. The maximum absolute atomic E-state index is 12.5. The number of aromatic nitrogens is 1. The topological polar surface area (TPSA) is 28.2 Å².